The van der Waals surface area contributed by atoms with Gasteiger partial charge in [0, 0.05) is 6.04 Å². The van der Waals surface area contributed by atoms with Crippen LogP contribution in [0.2, 0.25) is 0 Å². The average Bonchev–Trinajstić information content (AvgIpc) is 2.63. The standard InChI is InChI=1S/C19H29N3O3S/c1-4-24-15-9-11-16(12-10-15)25-14(3)18(23)21-22-19(26)20-17-8-6-5-7-13(17)2/h9-14,17H,4-8H2,1-3H3,(H,21,23)(H2,20,22,26)/t13-,14+,17-/m0/s1. The minimum atomic E-state index is -0.656. The highest BCUT2D eigenvalue weighted by atomic mass is 32.1. The summed E-state index contributed by atoms with van der Waals surface area (Å²) < 4.78 is 11.0. The molecular formula is C19H29N3O3S. The zero-order chi connectivity index (χ0) is 18.9. The van der Waals surface area contributed by atoms with Gasteiger partial charge in [0.05, 0.1) is 6.61 Å². The Morgan fingerprint density at radius 2 is 1.85 bits per heavy atom. The number of hydrogen-bond donors (Lipinski definition) is 3. The van der Waals surface area contributed by atoms with Gasteiger partial charge in [-0.2, -0.15) is 0 Å². The van der Waals surface area contributed by atoms with E-state index < -0.39 is 6.10 Å². The predicted molar refractivity (Wildman–Crippen MR) is 106 cm³/mol. The van der Waals surface area contributed by atoms with Crippen LogP contribution in [0.5, 0.6) is 11.5 Å². The van der Waals surface area contributed by atoms with Gasteiger partial charge < -0.3 is 14.8 Å². The van der Waals surface area contributed by atoms with E-state index in [9.17, 15) is 4.79 Å². The maximum Gasteiger partial charge on any atom is 0.279 e. The Kier molecular flexibility index (Phi) is 7.97. The lowest BCUT2D eigenvalue weighted by atomic mass is 9.86. The van der Waals surface area contributed by atoms with Gasteiger partial charge in [-0.25, -0.2) is 0 Å². The molecule has 26 heavy (non-hydrogen) atoms. The monoisotopic (exact) mass is 379 g/mol. The normalized spacial score (nSPS) is 20.6. The van der Waals surface area contributed by atoms with Crippen LogP contribution in [-0.2, 0) is 4.79 Å². The quantitative estimate of drug-likeness (QED) is 0.521. The number of hydrazine groups is 1. The summed E-state index contributed by atoms with van der Waals surface area (Å²) in [7, 11) is 0. The van der Waals surface area contributed by atoms with E-state index in [-0.39, 0.29) is 5.91 Å². The third-order valence-electron chi connectivity index (χ3n) is 4.54. The fourth-order valence-corrected chi connectivity index (χ4v) is 3.20. The lowest BCUT2D eigenvalue weighted by Gasteiger charge is -2.30. The second kappa shape index (κ2) is 10.2. The molecule has 0 spiro atoms. The molecule has 2 rings (SSSR count). The van der Waals surface area contributed by atoms with Crippen molar-refractivity contribution in [1.82, 2.24) is 16.2 Å². The van der Waals surface area contributed by atoms with Crippen LogP contribution < -0.4 is 25.6 Å². The molecule has 1 aromatic rings. The molecule has 6 nitrogen and oxygen atoms in total. The van der Waals surface area contributed by atoms with E-state index in [1.54, 1.807) is 19.1 Å². The molecule has 1 aliphatic carbocycles. The highest BCUT2D eigenvalue weighted by Gasteiger charge is 2.22. The van der Waals surface area contributed by atoms with E-state index >= 15 is 0 Å². The summed E-state index contributed by atoms with van der Waals surface area (Å²) in [4.78, 5) is 12.2. The number of benzene rings is 1. The van der Waals surface area contributed by atoms with E-state index in [0.717, 1.165) is 12.2 Å². The molecule has 0 aromatic heterocycles. The van der Waals surface area contributed by atoms with Crippen LogP contribution in [0.15, 0.2) is 24.3 Å². The number of thiocarbonyl (C=S) groups is 1. The summed E-state index contributed by atoms with van der Waals surface area (Å²) in [6, 6.07) is 7.54. The predicted octanol–water partition coefficient (Wildman–Crippen LogP) is 2.93. The van der Waals surface area contributed by atoms with Crippen molar-refractivity contribution < 1.29 is 14.3 Å². The van der Waals surface area contributed by atoms with Crippen LogP contribution in [0, 0.1) is 5.92 Å². The molecule has 7 heteroatoms. The third kappa shape index (κ3) is 6.37. The van der Waals surface area contributed by atoms with Crippen molar-refractivity contribution in [2.75, 3.05) is 6.61 Å². The molecule has 3 atom stereocenters. The van der Waals surface area contributed by atoms with Crippen molar-refractivity contribution in [2.24, 2.45) is 5.92 Å². The van der Waals surface area contributed by atoms with E-state index in [2.05, 4.69) is 23.1 Å². The molecule has 1 fully saturated rings. The van der Waals surface area contributed by atoms with E-state index in [1.165, 1.54) is 19.3 Å². The summed E-state index contributed by atoms with van der Waals surface area (Å²) in [5.74, 6) is 1.67. The molecule has 1 saturated carbocycles. The van der Waals surface area contributed by atoms with E-state index in [4.69, 9.17) is 21.7 Å². The van der Waals surface area contributed by atoms with E-state index in [0.29, 0.717) is 29.4 Å². The molecule has 0 radical (unpaired) electrons. The fraction of sp³-hybridized carbons (Fsp3) is 0.579. The Hall–Kier alpha value is -2.02. The Labute approximate surface area is 161 Å². The fourth-order valence-electron chi connectivity index (χ4n) is 2.99. The van der Waals surface area contributed by atoms with Gasteiger partial charge in [0.2, 0.25) is 0 Å². The Morgan fingerprint density at radius 1 is 1.19 bits per heavy atom. The first kappa shape index (κ1) is 20.3. The van der Waals surface area contributed by atoms with Crippen LogP contribution >= 0.6 is 12.2 Å². The Balaban J connectivity index is 1.73. The van der Waals surface area contributed by atoms with Crippen LogP contribution in [0.1, 0.15) is 46.5 Å². The number of nitrogens with one attached hydrogen (secondary N) is 3. The zero-order valence-corrected chi connectivity index (χ0v) is 16.5. The molecule has 0 saturated heterocycles. The first-order valence-electron chi connectivity index (χ1n) is 9.25. The van der Waals surface area contributed by atoms with Crippen molar-refractivity contribution in [3.63, 3.8) is 0 Å². The molecule has 1 aromatic carbocycles. The SMILES string of the molecule is CCOc1ccc(O[C@H](C)C(=O)NNC(=S)N[C@H]2CCCC[C@@H]2C)cc1. The second-order valence-electron chi connectivity index (χ2n) is 6.62. The maximum absolute atomic E-state index is 12.2. The van der Waals surface area contributed by atoms with Gasteiger partial charge in [-0.05, 0) is 69.1 Å². The van der Waals surface area contributed by atoms with Crippen LogP contribution in [0.3, 0.4) is 0 Å². The van der Waals surface area contributed by atoms with Gasteiger partial charge in [-0.3, -0.25) is 15.6 Å². The highest BCUT2D eigenvalue weighted by Crippen LogP contribution is 2.23. The number of rotatable bonds is 6. The lowest BCUT2D eigenvalue weighted by Crippen LogP contribution is -2.53. The lowest BCUT2D eigenvalue weighted by molar-refractivity contribution is -0.127. The number of carbonyl (C=O) groups excluding carboxylic acids is 1. The Morgan fingerprint density at radius 3 is 2.50 bits per heavy atom. The van der Waals surface area contributed by atoms with Crippen LogP contribution in [-0.4, -0.2) is 29.8 Å². The Bertz CT molecular complexity index is 594. The molecule has 0 bridgehead atoms. The van der Waals surface area contributed by atoms with Crippen LogP contribution in [0.25, 0.3) is 0 Å². The third-order valence-corrected chi connectivity index (χ3v) is 4.76. The minimum absolute atomic E-state index is 0.292. The number of ether oxygens (including phenoxy) is 2. The maximum atomic E-state index is 12.2. The summed E-state index contributed by atoms with van der Waals surface area (Å²) in [6.45, 7) is 6.45. The first-order valence-corrected chi connectivity index (χ1v) is 9.66. The average molecular weight is 380 g/mol. The molecule has 0 aliphatic heterocycles. The number of amides is 1. The van der Waals surface area contributed by atoms with Crippen LogP contribution in [0.4, 0.5) is 0 Å². The second-order valence-corrected chi connectivity index (χ2v) is 7.03. The molecule has 1 amide bonds. The van der Waals surface area contributed by atoms with Gasteiger partial charge in [0.1, 0.15) is 11.5 Å². The molecule has 0 unspecified atom stereocenters. The molecule has 0 heterocycles. The molecule has 1 aliphatic rings. The van der Waals surface area contributed by atoms with Crippen molar-refractivity contribution in [2.45, 2.75) is 58.6 Å². The topological polar surface area (TPSA) is 71.6 Å². The summed E-state index contributed by atoms with van der Waals surface area (Å²) in [5, 5.41) is 3.72. The largest absolute Gasteiger partial charge is 0.494 e. The minimum Gasteiger partial charge on any atom is -0.494 e. The van der Waals surface area contributed by atoms with E-state index in [1.807, 2.05) is 19.1 Å². The highest BCUT2D eigenvalue weighted by molar-refractivity contribution is 7.80. The van der Waals surface area contributed by atoms with Gasteiger partial charge in [-0.1, -0.05) is 19.8 Å². The van der Waals surface area contributed by atoms with Crippen molar-refractivity contribution in [3.05, 3.63) is 24.3 Å². The van der Waals surface area contributed by atoms with Gasteiger partial charge in [-0.15, -0.1) is 0 Å². The molecule has 3 N–H and O–H groups in total. The van der Waals surface area contributed by atoms with Gasteiger partial charge in [0.15, 0.2) is 11.2 Å². The van der Waals surface area contributed by atoms with Gasteiger partial charge >= 0.3 is 0 Å². The summed E-state index contributed by atoms with van der Waals surface area (Å²) in [6.07, 6.45) is 4.14. The van der Waals surface area contributed by atoms with Gasteiger partial charge in [0.25, 0.3) is 5.91 Å². The summed E-state index contributed by atoms with van der Waals surface area (Å²) >= 11 is 5.27. The number of hydrogen-bond acceptors (Lipinski definition) is 4. The zero-order valence-electron chi connectivity index (χ0n) is 15.7. The number of carbonyl (C=O) groups is 1. The summed E-state index contributed by atoms with van der Waals surface area (Å²) in [5.41, 5.74) is 5.36. The molecule has 144 valence electrons. The van der Waals surface area contributed by atoms with Crippen molar-refractivity contribution in [1.29, 1.82) is 0 Å². The van der Waals surface area contributed by atoms with Crippen molar-refractivity contribution in [3.8, 4) is 11.5 Å². The van der Waals surface area contributed by atoms with Crippen molar-refractivity contribution >= 4 is 23.2 Å². The molecular weight excluding hydrogens is 350 g/mol. The first-order chi connectivity index (χ1) is 12.5. The smallest absolute Gasteiger partial charge is 0.279 e.